The lowest BCUT2D eigenvalue weighted by Gasteiger charge is -2.38. The number of carbonyl (C=O) groups excluding carboxylic acids is 2. The van der Waals surface area contributed by atoms with Gasteiger partial charge < -0.3 is 10.2 Å². The number of benzene rings is 1. The third-order valence-corrected chi connectivity index (χ3v) is 5.80. The van der Waals surface area contributed by atoms with E-state index in [0.29, 0.717) is 6.54 Å². The summed E-state index contributed by atoms with van der Waals surface area (Å²) in [5.41, 5.74) is 1.94. The van der Waals surface area contributed by atoms with Gasteiger partial charge in [0, 0.05) is 45.0 Å². The Morgan fingerprint density at radius 3 is 2.33 bits per heavy atom. The van der Waals surface area contributed by atoms with Crippen LogP contribution < -0.4 is 5.32 Å². The van der Waals surface area contributed by atoms with Crippen molar-refractivity contribution in [3.8, 4) is 0 Å². The predicted molar refractivity (Wildman–Crippen MR) is 108 cm³/mol. The predicted octanol–water partition coefficient (Wildman–Crippen LogP) is 1.95. The molecule has 6 nitrogen and oxygen atoms in total. The number of likely N-dealkylation sites (tertiary alicyclic amines) is 1. The van der Waals surface area contributed by atoms with Crippen molar-refractivity contribution in [1.29, 1.82) is 0 Å². The number of amides is 2. The topological polar surface area (TPSA) is 55.9 Å². The first-order valence-corrected chi connectivity index (χ1v) is 10.2. The van der Waals surface area contributed by atoms with Crippen LogP contribution in [0.5, 0.6) is 0 Å². The van der Waals surface area contributed by atoms with Crippen molar-refractivity contribution < 1.29 is 9.59 Å². The van der Waals surface area contributed by atoms with Crippen LogP contribution >= 0.6 is 0 Å². The zero-order chi connectivity index (χ0) is 19.2. The Labute approximate surface area is 162 Å². The number of rotatable bonds is 5. The molecule has 0 bridgehead atoms. The van der Waals surface area contributed by atoms with Gasteiger partial charge in [0.1, 0.15) is 0 Å². The maximum absolute atomic E-state index is 12.6. The van der Waals surface area contributed by atoms with Gasteiger partial charge in [-0.3, -0.25) is 19.4 Å². The van der Waals surface area contributed by atoms with Gasteiger partial charge in [-0.2, -0.15) is 0 Å². The van der Waals surface area contributed by atoms with Gasteiger partial charge in [0.2, 0.25) is 11.8 Å². The largest absolute Gasteiger partial charge is 0.342 e. The van der Waals surface area contributed by atoms with Crippen molar-refractivity contribution >= 4 is 17.5 Å². The molecule has 0 spiro atoms. The molecule has 6 heteroatoms. The fourth-order valence-corrected chi connectivity index (χ4v) is 3.86. The summed E-state index contributed by atoms with van der Waals surface area (Å²) in [6, 6.07) is 7.66. The second kappa shape index (κ2) is 9.33. The SMILES string of the molecule is Cc1ccccc1NC(=O)[C@@H](C)N1CCN(CC(=O)N2CCCCC2)CC1. The van der Waals surface area contributed by atoms with Gasteiger partial charge in [-0.25, -0.2) is 0 Å². The minimum atomic E-state index is -0.176. The molecule has 2 aliphatic rings. The van der Waals surface area contributed by atoms with Gasteiger partial charge in [-0.05, 0) is 44.7 Å². The molecule has 2 saturated heterocycles. The Morgan fingerprint density at radius 1 is 1.00 bits per heavy atom. The molecule has 27 heavy (non-hydrogen) atoms. The molecule has 2 amide bonds. The van der Waals surface area contributed by atoms with Gasteiger partial charge in [-0.15, -0.1) is 0 Å². The van der Waals surface area contributed by atoms with E-state index < -0.39 is 0 Å². The normalized spacial score (nSPS) is 20.3. The summed E-state index contributed by atoms with van der Waals surface area (Å²) in [6.45, 7) is 9.59. The molecular formula is C21H32N4O2. The first-order chi connectivity index (χ1) is 13.0. The first kappa shape index (κ1) is 19.8. The van der Waals surface area contributed by atoms with Crippen molar-refractivity contribution in [2.24, 2.45) is 0 Å². The van der Waals surface area contributed by atoms with Crippen molar-refractivity contribution in [1.82, 2.24) is 14.7 Å². The fraction of sp³-hybridized carbons (Fsp3) is 0.619. The fourth-order valence-electron chi connectivity index (χ4n) is 3.86. The van der Waals surface area contributed by atoms with Crippen molar-refractivity contribution in [3.05, 3.63) is 29.8 Å². The molecule has 1 atom stereocenters. The third kappa shape index (κ3) is 5.30. The Balaban J connectivity index is 1.44. The molecule has 2 aliphatic heterocycles. The van der Waals surface area contributed by atoms with Gasteiger partial charge in [0.05, 0.1) is 12.6 Å². The molecule has 1 aromatic carbocycles. The summed E-state index contributed by atoms with van der Waals surface area (Å²) in [5.74, 6) is 0.288. The van der Waals surface area contributed by atoms with E-state index >= 15 is 0 Å². The minimum absolute atomic E-state index is 0.0298. The molecule has 1 N–H and O–H groups in total. The second-order valence-electron chi connectivity index (χ2n) is 7.73. The highest BCUT2D eigenvalue weighted by molar-refractivity contribution is 5.95. The van der Waals surface area contributed by atoms with E-state index in [2.05, 4.69) is 15.1 Å². The molecular weight excluding hydrogens is 340 g/mol. The molecule has 3 rings (SSSR count). The van der Waals surface area contributed by atoms with Gasteiger partial charge in [0.15, 0.2) is 0 Å². The molecule has 0 saturated carbocycles. The maximum atomic E-state index is 12.6. The summed E-state index contributed by atoms with van der Waals surface area (Å²) in [4.78, 5) is 31.5. The third-order valence-electron chi connectivity index (χ3n) is 5.80. The lowest BCUT2D eigenvalue weighted by Crippen LogP contribution is -2.54. The molecule has 0 aliphatic carbocycles. The second-order valence-corrected chi connectivity index (χ2v) is 7.73. The van der Waals surface area contributed by atoms with Gasteiger partial charge in [0.25, 0.3) is 0 Å². The van der Waals surface area contributed by atoms with E-state index in [4.69, 9.17) is 0 Å². The summed E-state index contributed by atoms with van der Waals surface area (Å²) < 4.78 is 0. The van der Waals surface area contributed by atoms with E-state index in [9.17, 15) is 9.59 Å². The van der Waals surface area contributed by atoms with Gasteiger partial charge >= 0.3 is 0 Å². The summed E-state index contributed by atoms with van der Waals surface area (Å²) >= 11 is 0. The monoisotopic (exact) mass is 372 g/mol. The number of piperazine rings is 1. The molecule has 0 unspecified atom stereocenters. The number of aryl methyl sites for hydroxylation is 1. The van der Waals surface area contributed by atoms with E-state index in [-0.39, 0.29) is 17.9 Å². The number of para-hydroxylation sites is 1. The quantitative estimate of drug-likeness (QED) is 0.858. The van der Waals surface area contributed by atoms with Crippen LogP contribution in [0.3, 0.4) is 0 Å². The molecule has 2 fully saturated rings. The number of hydrogen-bond donors (Lipinski definition) is 1. The van der Waals surface area contributed by atoms with E-state index in [1.165, 1.54) is 6.42 Å². The average Bonchev–Trinajstić information content (AvgIpc) is 2.70. The Bertz CT molecular complexity index is 649. The van der Waals surface area contributed by atoms with E-state index in [1.54, 1.807) is 0 Å². The smallest absolute Gasteiger partial charge is 0.241 e. The van der Waals surface area contributed by atoms with Crippen molar-refractivity contribution in [3.63, 3.8) is 0 Å². The lowest BCUT2D eigenvalue weighted by atomic mass is 10.1. The number of nitrogens with zero attached hydrogens (tertiary/aromatic N) is 3. The Hall–Kier alpha value is -1.92. The summed E-state index contributed by atoms with van der Waals surface area (Å²) in [6.07, 6.45) is 3.50. The molecule has 1 aromatic rings. The molecule has 0 radical (unpaired) electrons. The molecule has 2 heterocycles. The number of hydrogen-bond acceptors (Lipinski definition) is 4. The highest BCUT2D eigenvalue weighted by Crippen LogP contribution is 2.15. The van der Waals surface area contributed by atoms with Gasteiger partial charge in [-0.1, -0.05) is 18.2 Å². The van der Waals surface area contributed by atoms with Crippen molar-refractivity contribution in [2.75, 3.05) is 51.1 Å². The van der Waals surface area contributed by atoms with Crippen molar-refractivity contribution in [2.45, 2.75) is 39.2 Å². The van der Waals surface area contributed by atoms with Crippen LogP contribution in [-0.4, -0.2) is 78.4 Å². The van der Waals surface area contributed by atoms with E-state index in [1.807, 2.05) is 43.0 Å². The zero-order valence-corrected chi connectivity index (χ0v) is 16.6. The summed E-state index contributed by atoms with van der Waals surface area (Å²) in [7, 11) is 0. The standard InChI is InChI=1S/C21H32N4O2/c1-17-8-4-5-9-19(17)22-21(27)18(2)24-14-12-23(13-15-24)16-20(26)25-10-6-3-7-11-25/h4-5,8-9,18H,3,6-7,10-16H2,1-2H3,(H,22,27)/t18-/m1/s1. The van der Waals surface area contributed by atoms with Crippen LogP contribution in [0, 0.1) is 6.92 Å². The summed E-state index contributed by atoms with van der Waals surface area (Å²) in [5, 5.41) is 3.04. The Morgan fingerprint density at radius 2 is 1.67 bits per heavy atom. The number of nitrogens with one attached hydrogen (secondary N) is 1. The zero-order valence-electron chi connectivity index (χ0n) is 16.6. The molecule has 148 valence electrons. The van der Waals surface area contributed by atoms with Crippen LogP contribution in [0.4, 0.5) is 5.69 Å². The number of anilines is 1. The average molecular weight is 373 g/mol. The number of piperidine rings is 1. The van der Waals surface area contributed by atoms with Crippen LogP contribution in [-0.2, 0) is 9.59 Å². The highest BCUT2D eigenvalue weighted by Gasteiger charge is 2.27. The van der Waals surface area contributed by atoms with Crippen LogP contribution in [0.15, 0.2) is 24.3 Å². The van der Waals surface area contributed by atoms with Crippen LogP contribution in [0.1, 0.15) is 31.7 Å². The maximum Gasteiger partial charge on any atom is 0.241 e. The minimum Gasteiger partial charge on any atom is -0.342 e. The highest BCUT2D eigenvalue weighted by atomic mass is 16.2. The Kier molecular flexibility index (Phi) is 6.85. The molecule has 0 aromatic heterocycles. The van der Waals surface area contributed by atoms with E-state index in [0.717, 1.165) is 63.4 Å². The lowest BCUT2D eigenvalue weighted by molar-refractivity contribution is -0.134. The van der Waals surface area contributed by atoms with Crippen LogP contribution in [0.2, 0.25) is 0 Å². The number of carbonyl (C=O) groups is 2. The first-order valence-electron chi connectivity index (χ1n) is 10.2. The van der Waals surface area contributed by atoms with Crippen LogP contribution in [0.25, 0.3) is 0 Å².